The molecule has 0 spiro atoms. The van der Waals surface area contributed by atoms with Crippen LogP contribution in [0.3, 0.4) is 0 Å². The summed E-state index contributed by atoms with van der Waals surface area (Å²) >= 11 is 0. The molecular formula is C55H96O2. The van der Waals surface area contributed by atoms with Gasteiger partial charge in [-0.2, -0.15) is 0 Å². The number of hydrogen-bond donors (Lipinski definition) is 0. The minimum absolute atomic E-state index is 0.361. The molecule has 2 nitrogen and oxygen atoms in total. The van der Waals surface area contributed by atoms with Crippen LogP contribution in [-0.4, -0.2) is 6.61 Å². The molecule has 4 rings (SSSR count). The lowest BCUT2D eigenvalue weighted by molar-refractivity contribution is 0.233. The van der Waals surface area contributed by atoms with E-state index >= 15 is 0 Å². The summed E-state index contributed by atoms with van der Waals surface area (Å²) in [5.41, 5.74) is 5.33. The minimum atomic E-state index is 0.361. The molecule has 57 heavy (non-hydrogen) atoms. The first kappa shape index (κ1) is 58.3. The molecule has 0 aromatic heterocycles. The highest BCUT2D eigenvalue weighted by atomic mass is 16.5. The van der Waals surface area contributed by atoms with E-state index in [-0.39, 0.29) is 0 Å². The van der Waals surface area contributed by atoms with Gasteiger partial charge in [0.2, 0.25) is 0 Å². The first-order valence-electron chi connectivity index (χ1n) is 23.9. The molecule has 0 saturated heterocycles. The van der Waals surface area contributed by atoms with Crippen molar-refractivity contribution < 1.29 is 9.47 Å². The zero-order valence-corrected chi connectivity index (χ0v) is 40.6. The minimum Gasteiger partial charge on any atom is -0.501 e. The molecule has 1 aliphatic heterocycles. The van der Waals surface area contributed by atoms with Gasteiger partial charge < -0.3 is 9.47 Å². The fourth-order valence-corrected chi connectivity index (χ4v) is 5.73. The van der Waals surface area contributed by atoms with Crippen LogP contribution in [-0.2, 0) is 4.74 Å². The molecule has 0 bridgehead atoms. The lowest BCUT2D eigenvalue weighted by atomic mass is 9.79. The van der Waals surface area contributed by atoms with Gasteiger partial charge in [-0.25, -0.2) is 0 Å². The smallest absolute Gasteiger partial charge is 0.135 e. The summed E-state index contributed by atoms with van der Waals surface area (Å²) in [5.74, 6) is 2.99. The van der Waals surface area contributed by atoms with Crippen LogP contribution in [0.5, 0.6) is 5.75 Å². The summed E-state index contributed by atoms with van der Waals surface area (Å²) in [7, 11) is 0. The molecule has 1 heterocycles. The van der Waals surface area contributed by atoms with Gasteiger partial charge in [0.25, 0.3) is 0 Å². The van der Waals surface area contributed by atoms with Crippen molar-refractivity contribution in [1.29, 1.82) is 0 Å². The van der Waals surface area contributed by atoms with E-state index in [0.717, 1.165) is 46.5 Å². The van der Waals surface area contributed by atoms with E-state index in [0.29, 0.717) is 5.92 Å². The van der Waals surface area contributed by atoms with E-state index in [1.807, 2.05) is 53.0 Å². The van der Waals surface area contributed by atoms with Crippen LogP contribution in [0.4, 0.5) is 0 Å². The van der Waals surface area contributed by atoms with Gasteiger partial charge >= 0.3 is 0 Å². The molecule has 328 valence electrons. The normalized spacial score (nSPS) is 14.6. The zero-order chi connectivity index (χ0) is 43.7. The van der Waals surface area contributed by atoms with Crippen molar-refractivity contribution in [2.45, 2.75) is 213 Å². The SMILES string of the molecule is C=CC1=C(/C=C\C)C(C2CC=CC=C2C)=c2ccc(=C)cc2O1.CC.CC.CCC.CCC(C)CC.CCCC.CCCCCCCCCCCOC=C1CCC1. The standard InChI is InChI=1S/C22H22O.C16H30O.C6H14.C4H10.C3H8.2C2H6/c1-5-9-18-20(6-2)23-21-14-15(3)12-13-19(21)22(18)17-11-8-7-10-16(17)4;1-2-3-4-5-6-7-8-9-10-14-17-15-16-12-11-13-16;1-4-6(3)5-2;1-3-4-2;1-3-2;2*1-2/h5-10,12-14,17H,2-3,11H2,1,4H3;15H,2-14H2,1H3;6H,4-5H2,1-3H3;3-4H2,1-2H3;3H2,1-2H3;2*1-2H3/b9-5-;;;;;;. The number of benzene rings is 1. The second kappa shape index (κ2) is 42.6. The van der Waals surface area contributed by atoms with Crippen molar-refractivity contribution in [3.63, 3.8) is 0 Å². The quantitative estimate of drug-likeness (QED) is 0.116. The van der Waals surface area contributed by atoms with E-state index in [2.05, 4.69) is 112 Å². The molecule has 3 aliphatic rings. The second-order valence-corrected chi connectivity index (χ2v) is 14.9. The summed E-state index contributed by atoms with van der Waals surface area (Å²) in [6.07, 6.45) is 38.5. The van der Waals surface area contributed by atoms with Crippen molar-refractivity contribution >= 4 is 12.2 Å². The number of hydrogen-bond acceptors (Lipinski definition) is 2. The monoisotopic (exact) mass is 789 g/mol. The highest BCUT2D eigenvalue weighted by molar-refractivity contribution is 5.77. The average Bonchev–Trinajstić information content (AvgIpc) is 3.22. The Morgan fingerprint density at radius 3 is 1.82 bits per heavy atom. The van der Waals surface area contributed by atoms with Gasteiger partial charge in [0, 0.05) is 16.7 Å². The first-order chi connectivity index (χ1) is 27.7. The molecule has 1 aromatic carbocycles. The van der Waals surface area contributed by atoms with Crippen LogP contribution < -0.4 is 15.2 Å². The Balaban J connectivity index is -0.000000750. The summed E-state index contributed by atoms with van der Waals surface area (Å²) in [4.78, 5) is 0. The molecule has 1 atom stereocenters. The number of rotatable bonds is 17. The van der Waals surface area contributed by atoms with Crippen molar-refractivity contribution in [2.75, 3.05) is 6.61 Å². The third kappa shape index (κ3) is 28.1. The third-order valence-electron chi connectivity index (χ3n) is 9.90. The number of unbranched alkanes of at least 4 members (excludes halogenated alkanes) is 9. The number of allylic oxidation sites excluding steroid dienone is 9. The molecular weight excluding hydrogens is 693 g/mol. The van der Waals surface area contributed by atoms with Gasteiger partial charge in [0.15, 0.2) is 0 Å². The maximum absolute atomic E-state index is 6.10. The van der Waals surface area contributed by atoms with Gasteiger partial charge in [-0.1, -0.05) is 228 Å². The van der Waals surface area contributed by atoms with E-state index in [1.54, 1.807) is 6.08 Å². The Hall–Kier alpha value is -3.00. The fraction of sp³-hybridized carbons (Fsp3) is 0.636. The van der Waals surface area contributed by atoms with Crippen molar-refractivity contribution in [3.8, 4) is 5.75 Å². The maximum Gasteiger partial charge on any atom is 0.135 e. The first-order valence-corrected chi connectivity index (χ1v) is 23.9. The van der Waals surface area contributed by atoms with Gasteiger partial charge in [-0.15, -0.1) is 0 Å². The summed E-state index contributed by atoms with van der Waals surface area (Å²) in [6, 6.07) is 6.18. The summed E-state index contributed by atoms with van der Waals surface area (Å²) in [6.45, 7) is 38.7. The Morgan fingerprint density at radius 2 is 1.39 bits per heavy atom. The summed E-state index contributed by atoms with van der Waals surface area (Å²) < 4.78 is 11.6. The Kier molecular flexibility index (Phi) is 43.6. The molecule has 1 fully saturated rings. The van der Waals surface area contributed by atoms with Crippen LogP contribution in [0.15, 0.2) is 90.0 Å². The van der Waals surface area contributed by atoms with Crippen molar-refractivity contribution in [1.82, 2.24) is 0 Å². The van der Waals surface area contributed by atoms with Gasteiger partial charge in [0.05, 0.1) is 12.9 Å². The Morgan fingerprint density at radius 1 is 0.825 bits per heavy atom. The molecule has 1 saturated carbocycles. The molecule has 0 amide bonds. The fourth-order valence-electron chi connectivity index (χ4n) is 5.73. The lowest BCUT2D eigenvalue weighted by Gasteiger charge is -2.28. The van der Waals surface area contributed by atoms with Crippen molar-refractivity contribution in [3.05, 3.63) is 100 Å². The van der Waals surface area contributed by atoms with E-state index in [4.69, 9.17) is 9.47 Å². The summed E-state index contributed by atoms with van der Waals surface area (Å²) in [5, 5.41) is 2.11. The van der Waals surface area contributed by atoms with Crippen LogP contribution in [0.1, 0.15) is 213 Å². The Labute approximate surface area is 357 Å². The highest BCUT2D eigenvalue weighted by Crippen LogP contribution is 2.37. The molecule has 1 unspecified atom stereocenters. The maximum atomic E-state index is 6.10. The average molecular weight is 789 g/mol. The number of fused-ring (bicyclic) bond motifs is 1. The Bertz CT molecular complexity index is 1340. The molecule has 0 N–H and O–H groups in total. The highest BCUT2D eigenvalue weighted by Gasteiger charge is 2.26. The largest absolute Gasteiger partial charge is 0.501 e. The van der Waals surface area contributed by atoms with E-state index in [1.165, 1.54) is 126 Å². The predicted molar refractivity (Wildman–Crippen MR) is 262 cm³/mol. The van der Waals surface area contributed by atoms with E-state index < -0.39 is 0 Å². The predicted octanol–water partition coefficient (Wildman–Crippen LogP) is 17.5. The van der Waals surface area contributed by atoms with Crippen LogP contribution >= 0.6 is 0 Å². The second-order valence-electron chi connectivity index (χ2n) is 14.9. The van der Waals surface area contributed by atoms with Crippen LogP contribution in [0, 0.1) is 11.8 Å². The number of ether oxygens (including phenoxy) is 2. The molecule has 1 aromatic rings. The zero-order valence-electron chi connectivity index (χ0n) is 40.6. The van der Waals surface area contributed by atoms with Gasteiger partial charge in [-0.05, 0) is 80.4 Å². The van der Waals surface area contributed by atoms with Gasteiger partial charge in [-0.3, -0.25) is 0 Å². The topological polar surface area (TPSA) is 18.5 Å². The van der Waals surface area contributed by atoms with Crippen molar-refractivity contribution in [2.24, 2.45) is 11.8 Å². The van der Waals surface area contributed by atoms with Crippen LogP contribution in [0.25, 0.3) is 12.2 Å². The van der Waals surface area contributed by atoms with Gasteiger partial charge in [0.1, 0.15) is 11.5 Å². The lowest BCUT2D eigenvalue weighted by Crippen LogP contribution is -2.25. The van der Waals surface area contributed by atoms with E-state index in [9.17, 15) is 0 Å². The third-order valence-corrected chi connectivity index (χ3v) is 9.90. The molecule has 0 radical (unpaired) electrons. The van der Waals surface area contributed by atoms with Crippen LogP contribution in [0.2, 0.25) is 0 Å². The molecule has 2 aliphatic carbocycles. The molecule has 2 heteroatoms.